The molecule has 0 aliphatic heterocycles. The molecular formula is C20H25NO4. The van der Waals surface area contributed by atoms with Crippen molar-refractivity contribution >= 4 is 5.91 Å². The number of furan rings is 1. The van der Waals surface area contributed by atoms with Gasteiger partial charge < -0.3 is 19.2 Å². The van der Waals surface area contributed by atoms with Gasteiger partial charge >= 0.3 is 0 Å². The van der Waals surface area contributed by atoms with Crippen LogP contribution in [0.4, 0.5) is 0 Å². The van der Waals surface area contributed by atoms with Gasteiger partial charge in [0.05, 0.1) is 25.5 Å². The van der Waals surface area contributed by atoms with Gasteiger partial charge in [0, 0.05) is 5.56 Å². The highest BCUT2D eigenvalue weighted by atomic mass is 16.5. The Labute approximate surface area is 148 Å². The first-order valence-electron chi connectivity index (χ1n) is 8.78. The summed E-state index contributed by atoms with van der Waals surface area (Å²) in [6.45, 7) is 3.78. The minimum Gasteiger partial charge on any atom is -0.493 e. The van der Waals surface area contributed by atoms with E-state index in [9.17, 15) is 4.79 Å². The second kappa shape index (κ2) is 7.64. The molecule has 2 aromatic rings. The summed E-state index contributed by atoms with van der Waals surface area (Å²) in [5.74, 6) is 1.58. The molecule has 0 radical (unpaired) electrons. The number of nitrogens with one attached hydrogen (secondary N) is 1. The number of benzene rings is 1. The van der Waals surface area contributed by atoms with Crippen LogP contribution in [0.3, 0.4) is 0 Å². The molecular weight excluding hydrogens is 318 g/mol. The zero-order valence-electron chi connectivity index (χ0n) is 15.0. The minimum atomic E-state index is -0.222. The molecule has 5 heteroatoms. The molecule has 3 rings (SSSR count). The first-order valence-corrected chi connectivity index (χ1v) is 8.78. The molecule has 25 heavy (non-hydrogen) atoms. The summed E-state index contributed by atoms with van der Waals surface area (Å²) in [5, 5.41) is 2.95. The van der Waals surface area contributed by atoms with Crippen LogP contribution in [-0.2, 0) is 0 Å². The zero-order valence-corrected chi connectivity index (χ0v) is 15.0. The lowest BCUT2D eigenvalue weighted by Gasteiger charge is -2.19. The normalized spacial score (nSPS) is 15.8. The Morgan fingerprint density at radius 1 is 1.24 bits per heavy atom. The Morgan fingerprint density at radius 3 is 2.64 bits per heavy atom. The van der Waals surface area contributed by atoms with Crippen LogP contribution in [0.15, 0.2) is 34.9 Å². The summed E-state index contributed by atoms with van der Waals surface area (Å²) in [7, 11) is 1.63. The van der Waals surface area contributed by atoms with Crippen LogP contribution in [0.5, 0.6) is 11.5 Å². The molecule has 0 saturated heterocycles. The predicted octanol–water partition coefficient (Wildman–Crippen LogP) is 4.41. The number of aryl methyl sites for hydroxylation is 1. The van der Waals surface area contributed by atoms with Gasteiger partial charge in [-0.2, -0.15) is 0 Å². The van der Waals surface area contributed by atoms with Gasteiger partial charge in [0.1, 0.15) is 0 Å². The maximum Gasteiger partial charge on any atom is 0.287 e. The van der Waals surface area contributed by atoms with Crippen molar-refractivity contribution in [3.8, 4) is 11.5 Å². The van der Waals surface area contributed by atoms with Gasteiger partial charge in [0.15, 0.2) is 17.3 Å². The monoisotopic (exact) mass is 343 g/mol. The topological polar surface area (TPSA) is 60.7 Å². The van der Waals surface area contributed by atoms with Crippen molar-refractivity contribution in [3.05, 3.63) is 47.4 Å². The van der Waals surface area contributed by atoms with Crippen LogP contribution in [-0.4, -0.2) is 19.1 Å². The van der Waals surface area contributed by atoms with Crippen molar-refractivity contribution in [1.29, 1.82) is 0 Å². The Morgan fingerprint density at radius 2 is 2.00 bits per heavy atom. The first-order chi connectivity index (χ1) is 12.1. The van der Waals surface area contributed by atoms with E-state index in [1.165, 1.54) is 19.1 Å². The van der Waals surface area contributed by atoms with Gasteiger partial charge in [0.25, 0.3) is 5.91 Å². The van der Waals surface area contributed by atoms with Crippen molar-refractivity contribution in [2.75, 3.05) is 7.11 Å². The molecule has 1 saturated carbocycles. The van der Waals surface area contributed by atoms with Crippen molar-refractivity contribution in [1.82, 2.24) is 5.32 Å². The highest BCUT2D eigenvalue weighted by Crippen LogP contribution is 2.33. The fourth-order valence-corrected chi connectivity index (χ4v) is 3.19. The molecule has 1 aliphatic rings. The van der Waals surface area contributed by atoms with E-state index in [0.717, 1.165) is 29.7 Å². The third-order valence-electron chi connectivity index (χ3n) is 4.70. The van der Waals surface area contributed by atoms with Crippen molar-refractivity contribution in [3.63, 3.8) is 0 Å². The molecule has 1 heterocycles. The van der Waals surface area contributed by atoms with Crippen LogP contribution >= 0.6 is 0 Å². The van der Waals surface area contributed by atoms with E-state index in [0.29, 0.717) is 11.5 Å². The number of methoxy groups -OCH3 is 1. The third-order valence-corrected chi connectivity index (χ3v) is 4.70. The van der Waals surface area contributed by atoms with Gasteiger partial charge in [0.2, 0.25) is 0 Å². The van der Waals surface area contributed by atoms with E-state index >= 15 is 0 Å². The fourth-order valence-electron chi connectivity index (χ4n) is 3.19. The van der Waals surface area contributed by atoms with Gasteiger partial charge in [-0.1, -0.05) is 6.07 Å². The fraction of sp³-hybridized carbons (Fsp3) is 0.450. The number of ether oxygens (including phenoxy) is 2. The highest BCUT2D eigenvalue weighted by molar-refractivity contribution is 5.93. The van der Waals surface area contributed by atoms with Crippen LogP contribution in [0.25, 0.3) is 0 Å². The van der Waals surface area contributed by atoms with Crippen LogP contribution in [0.2, 0.25) is 0 Å². The summed E-state index contributed by atoms with van der Waals surface area (Å²) in [5.41, 5.74) is 1.77. The largest absolute Gasteiger partial charge is 0.493 e. The van der Waals surface area contributed by atoms with E-state index in [4.69, 9.17) is 13.9 Å². The molecule has 5 nitrogen and oxygen atoms in total. The number of hydrogen-bond acceptors (Lipinski definition) is 4. The Bertz CT molecular complexity index is 731. The maximum atomic E-state index is 12.3. The summed E-state index contributed by atoms with van der Waals surface area (Å²) in [6.07, 6.45) is 6.44. The van der Waals surface area contributed by atoms with Gasteiger partial charge in [-0.25, -0.2) is 0 Å². The molecule has 0 spiro atoms. The van der Waals surface area contributed by atoms with Crippen molar-refractivity contribution in [2.24, 2.45) is 0 Å². The standard InChI is InChI=1S/C20H25NO4/c1-13-10-11-24-19(13)20(22)21-14(2)15-8-9-17(18(12-15)23-3)25-16-6-4-5-7-16/h8-12,14,16H,4-7H2,1-3H3,(H,21,22)/t14-/m0/s1. The lowest BCUT2D eigenvalue weighted by Crippen LogP contribution is -2.26. The van der Waals surface area contributed by atoms with Gasteiger partial charge in [-0.05, 0) is 63.3 Å². The van der Waals surface area contributed by atoms with E-state index in [1.807, 2.05) is 32.0 Å². The van der Waals surface area contributed by atoms with E-state index in [-0.39, 0.29) is 18.1 Å². The molecule has 134 valence electrons. The quantitative estimate of drug-likeness (QED) is 0.844. The number of rotatable bonds is 6. The van der Waals surface area contributed by atoms with Crippen molar-refractivity contribution < 1.29 is 18.7 Å². The van der Waals surface area contributed by atoms with Gasteiger partial charge in [-0.3, -0.25) is 4.79 Å². The molecule has 0 bridgehead atoms. The Hall–Kier alpha value is -2.43. The smallest absolute Gasteiger partial charge is 0.287 e. The molecule has 1 atom stereocenters. The molecule has 1 aliphatic carbocycles. The van der Waals surface area contributed by atoms with Gasteiger partial charge in [-0.15, -0.1) is 0 Å². The minimum absolute atomic E-state index is 0.175. The van der Waals surface area contributed by atoms with Crippen LogP contribution < -0.4 is 14.8 Å². The lowest BCUT2D eigenvalue weighted by molar-refractivity contribution is 0.0911. The Balaban J connectivity index is 1.70. The molecule has 1 aromatic carbocycles. The highest BCUT2D eigenvalue weighted by Gasteiger charge is 2.20. The van der Waals surface area contributed by atoms with E-state index in [2.05, 4.69) is 5.32 Å². The maximum absolute atomic E-state index is 12.3. The molecule has 1 amide bonds. The average molecular weight is 343 g/mol. The SMILES string of the molecule is COc1cc([C@H](C)NC(=O)c2occc2C)ccc1OC1CCCC1. The molecule has 1 N–H and O–H groups in total. The second-order valence-electron chi connectivity index (χ2n) is 6.56. The summed E-state index contributed by atoms with van der Waals surface area (Å²) in [6, 6.07) is 7.41. The lowest BCUT2D eigenvalue weighted by atomic mass is 10.1. The van der Waals surface area contributed by atoms with Crippen LogP contribution in [0.1, 0.15) is 60.3 Å². The summed E-state index contributed by atoms with van der Waals surface area (Å²) < 4.78 is 16.8. The first kappa shape index (κ1) is 17.4. The number of carbonyl (C=O) groups excluding carboxylic acids is 1. The molecule has 1 fully saturated rings. The number of hydrogen-bond donors (Lipinski definition) is 1. The van der Waals surface area contributed by atoms with Crippen LogP contribution in [0, 0.1) is 6.92 Å². The molecule has 0 unspecified atom stereocenters. The predicted molar refractivity (Wildman–Crippen MR) is 95.2 cm³/mol. The summed E-state index contributed by atoms with van der Waals surface area (Å²) in [4.78, 5) is 12.3. The number of amides is 1. The number of carbonyl (C=O) groups is 1. The second-order valence-corrected chi connectivity index (χ2v) is 6.56. The van der Waals surface area contributed by atoms with E-state index in [1.54, 1.807) is 13.2 Å². The third kappa shape index (κ3) is 3.98. The zero-order chi connectivity index (χ0) is 17.8. The summed E-state index contributed by atoms with van der Waals surface area (Å²) >= 11 is 0. The average Bonchev–Trinajstić information content (AvgIpc) is 3.26. The van der Waals surface area contributed by atoms with Crippen molar-refractivity contribution in [2.45, 2.75) is 51.7 Å². The molecule has 1 aromatic heterocycles. The van der Waals surface area contributed by atoms with E-state index < -0.39 is 0 Å². The Kier molecular flexibility index (Phi) is 5.31.